The highest BCUT2D eigenvalue weighted by Crippen LogP contribution is 2.35. The van der Waals surface area contributed by atoms with Crippen LogP contribution in [0, 0.1) is 0 Å². The summed E-state index contributed by atoms with van der Waals surface area (Å²) in [5.74, 6) is 2.00. The Morgan fingerprint density at radius 1 is 1.15 bits per heavy atom. The largest absolute Gasteiger partial charge is 0.507 e. The van der Waals surface area contributed by atoms with E-state index in [2.05, 4.69) is 15.3 Å². The molecule has 6 nitrogen and oxygen atoms in total. The van der Waals surface area contributed by atoms with Crippen molar-refractivity contribution >= 4 is 5.82 Å². The maximum atomic E-state index is 10.4. The van der Waals surface area contributed by atoms with Crippen molar-refractivity contribution in [2.45, 2.75) is 19.4 Å². The number of nitrogens with zero attached hydrogens (tertiary/aromatic N) is 2. The van der Waals surface area contributed by atoms with Crippen molar-refractivity contribution in [2.75, 3.05) is 19.0 Å². The molecule has 0 aliphatic heterocycles. The monoisotopic (exact) mass is 364 g/mol. The van der Waals surface area contributed by atoms with Gasteiger partial charge >= 0.3 is 0 Å². The van der Waals surface area contributed by atoms with E-state index in [-0.39, 0.29) is 11.8 Å². The summed E-state index contributed by atoms with van der Waals surface area (Å²) in [5, 5.41) is 13.6. The van der Waals surface area contributed by atoms with Gasteiger partial charge in [-0.2, -0.15) is 0 Å². The average Bonchev–Trinajstić information content (AvgIpc) is 2.72. The number of ether oxygens (including phenoxy) is 1. The van der Waals surface area contributed by atoms with Gasteiger partial charge in [-0.25, -0.2) is 9.97 Å². The lowest BCUT2D eigenvalue weighted by molar-refractivity contribution is 0.416. The number of para-hydroxylation sites is 1. The molecule has 0 aliphatic carbocycles. The predicted molar refractivity (Wildman–Crippen MR) is 108 cm³/mol. The highest BCUT2D eigenvalue weighted by molar-refractivity contribution is 5.77. The molecule has 6 heteroatoms. The van der Waals surface area contributed by atoms with Gasteiger partial charge in [-0.1, -0.05) is 31.2 Å². The molecule has 1 aromatic heterocycles. The zero-order valence-electron chi connectivity index (χ0n) is 15.5. The van der Waals surface area contributed by atoms with E-state index in [4.69, 9.17) is 10.5 Å². The first-order valence-electron chi connectivity index (χ1n) is 8.91. The van der Waals surface area contributed by atoms with Crippen LogP contribution in [0.25, 0.3) is 22.5 Å². The first kappa shape index (κ1) is 18.7. The lowest BCUT2D eigenvalue weighted by Gasteiger charge is -2.13. The number of phenolic OH excluding ortho intramolecular Hbond substituents is 1. The van der Waals surface area contributed by atoms with E-state index in [0.717, 1.165) is 23.3 Å². The molecule has 0 spiro atoms. The second-order valence-electron chi connectivity index (χ2n) is 6.25. The number of aromatic nitrogens is 2. The van der Waals surface area contributed by atoms with Crippen LogP contribution in [0.5, 0.6) is 11.5 Å². The summed E-state index contributed by atoms with van der Waals surface area (Å²) in [6.45, 7) is 2.67. The predicted octanol–water partition coefficient (Wildman–Crippen LogP) is 3.67. The van der Waals surface area contributed by atoms with Gasteiger partial charge < -0.3 is 20.9 Å². The van der Waals surface area contributed by atoms with Crippen LogP contribution in [0.2, 0.25) is 0 Å². The summed E-state index contributed by atoms with van der Waals surface area (Å²) in [6.07, 6.45) is 2.55. The number of nitrogens with one attached hydrogen (secondary N) is 1. The fourth-order valence-electron chi connectivity index (χ4n) is 2.73. The van der Waals surface area contributed by atoms with Crippen LogP contribution in [0.4, 0.5) is 5.82 Å². The number of rotatable bonds is 7. The Morgan fingerprint density at radius 2 is 1.96 bits per heavy atom. The van der Waals surface area contributed by atoms with Crippen LogP contribution >= 0.6 is 0 Å². The molecule has 2 aromatic carbocycles. The summed E-state index contributed by atoms with van der Waals surface area (Å²) in [5.41, 5.74) is 8.35. The van der Waals surface area contributed by atoms with Crippen molar-refractivity contribution in [3.05, 3.63) is 54.7 Å². The van der Waals surface area contributed by atoms with Gasteiger partial charge in [-0.05, 0) is 36.2 Å². The van der Waals surface area contributed by atoms with E-state index in [9.17, 15) is 5.11 Å². The number of methoxy groups -OCH3 is 1. The second-order valence-corrected chi connectivity index (χ2v) is 6.25. The number of phenols is 1. The van der Waals surface area contributed by atoms with Gasteiger partial charge in [0.2, 0.25) is 0 Å². The molecule has 0 saturated heterocycles. The molecule has 0 fully saturated rings. The molecule has 1 unspecified atom stereocenters. The topological polar surface area (TPSA) is 93.3 Å². The fraction of sp³-hybridized carbons (Fsp3) is 0.238. The standard InChI is InChI=1S/C21H24N4O2/c1-3-15(22)13-24-20-10-11-23-21(25-20)17-12-14(8-9-18(17)26)16-6-4-5-7-19(16)27-2/h4-12,15,26H,3,13,22H2,1-2H3,(H,23,24,25). The van der Waals surface area contributed by atoms with Gasteiger partial charge in [-0.3, -0.25) is 0 Å². The minimum absolute atomic E-state index is 0.0608. The quantitative estimate of drug-likeness (QED) is 0.592. The van der Waals surface area contributed by atoms with Gasteiger partial charge in [0.05, 0.1) is 12.7 Å². The third kappa shape index (κ3) is 4.35. The van der Waals surface area contributed by atoms with E-state index in [1.807, 2.05) is 43.3 Å². The Balaban J connectivity index is 1.95. The molecular weight excluding hydrogens is 340 g/mol. The van der Waals surface area contributed by atoms with E-state index in [0.29, 0.717) is 23.8 Å². The van der Waals surface area contributed by atoms with Crippen molar-refractivity contribution in [3.8, 4) is 34.0 Å². The lowest BCUT2D eigenvalue weighted by atomic mass is 10.0. The molecule has 0 saturated carbocycles. The minimum atomic E-state index is 0.0608. The van der Waals surface area contributed by atoms with Crippen LogP contribution in [0.1, 0.15) is 13.3 Å². The highest BCUT2D eigenvalue weighted by atomic mass is 16.5. The lowest BCUT2D eigenvalue weighted by Crippen LogP contribution is -2.28. The molecule has 1 atom stereocenters. The van der Waals surface area contributed by atoms with Gasteiger partial charge in [0.1, 0.15) is 17.3 Å². The SMILES string of the molecule is CCC(N)CNc1ccnc(-c2cc(-c3ccccc3OC)ccc2O)n1. The van der Waals surface area contributed by atoms with Crippen LogP contribution < -0.4 is 15.8 Å². The summed E-state index contributed by atoms with van der Waals surface area (Å²) < 4.78 is 5.44. The zero-order valence-corrected chi connectivity index (χ0v) is 15.5. The molecule has 1 heterocycles. The molecule has 4 N–H and O–H groups in total. The van der Waals surface area contributed by atoms with Crippen molar-refractivity contribution in [3.63, 3.8) is 0 Å². The Morgan fingerprint density at radius 3 is 2.74 bits per heavy atom. The zero-order chi connectivity index (χ0) is 19.2. The van der Waals surface area contributed by atoms with Crippen molar-refractivity contribution in [1.82, 2.24) is 9.97 Å². The normalized spacial score (nSPS) is 11.8. The second kappa shape index (κ2) is 8.51. The summed E-state index contributed by atoms with van der Waals surface area (Å²) in [7, 11) is 1.64. The molecule has 27 heavy (non-hydrogen) atoms. The fourth-order valence-corrected chi connectivity index (χ4v) is 2.73. The maximum Gasteiger partial charge on any atom is 0.165 e. The van der Waals surface area contributed by atoms with Gasteiger partial charge in [-0.15, -0.1) is 0 Å². The number of hydrogen-bond acceptors (Lipinski definition) is 6. The first-order valence-corrected chi connectivity index (χ1v) is 8.91. The number of nitrogens with two attached hydrogens (primary N) is 1. The first-order chi connectivity index (χ1) is 13.1. The minimum Gasteiger partial charge on any atom is -0.507 e. The number of benzene rings is 2. The van der Waals surface area contributed by atoms with Gasteiger partial charge in [0.15, 0.2) is 5.82 Å². The molecular formula is C21H24N4O2. The molecule has 0 amide bonds. The highest BCUT2D eigenvalue weighted by Gasteiger charge is 2.12. The smallest absolute Gasteiger partial charge is 0.165 e. The molecule has 0 radical (unpaired) electrons. The molecule has 0 aliphatic rings. The molecule has 3 rings (SSSR count). The Kier molecular flexibility index (Phi) is 5.88. The molecule has 140 valence electrons. The van der Waals surface area contributed by atoms with Crippen LogP contribution in [0.3, 0.4) is 0 Å². The van der Waals surface area contributed by atoms with Crippen LogP contribution in [0.15, 0.2) is 54.7 Å². The number of hydrogen-bond donors (Lipinski definition) is 3. The average molecular weight is 364 g/mol. The van der Waals surface area contributed by atoms with E-state index in [1.54, 1.807) is 25.4 Å². The third-order valence-corrected chi connectivity index (χ3v) is 4.38. The van der Waals surface area contributed by atoms with Crippen molar-refractivity contribution < 1.29 is 9.84 Å². The van der Waals surface area contributed by atoms with E-state index < -0.39 is 0 Å². The third-order valence-electron chi connectivity index (χ3n) is 4.38. The van der Waals surface area contributed by atoms with Crippen molar-refractivity contribution in [2.24, 2.45) is 5.73 Å². The Bertz CT molecular complexity index is 914. The molecule has 3 aromatic rings. The van der Waals surface area contributed by atoms with Crippen LogP contribution in [-0.2, 0) is 0 Å². The van der Waals surface area contributed by atoms with E-state index >= 15 is 0 Å². The van der Waals surface area contributed by atoms with Crippen molar-refractivity contribution in [1.29, 1.82) is 0 Å². The van der Waals surface area contributed by atoms with Crippen LogP contribution in [-0.4, -0.2) is 34.8 Å². The molecule has 0 bridgehead atoms. The summed E-state index contributed by atoms with van der Waals surface area (Å²) in [6, 6.07) is 14.9. The Hall–Kier alpha value is -3.12. The summed E-state index contributed by atoms with van der Waals surface area (Å²) >= 11 is 0. The number of anilines is 1. The summed E-state index contributed by atoms with van der Waals surface area (Å²) in [4.78, 5) is 8.84. The number of aromatic hydroxyl groups is 1. The Labute approximate surface area is 159 Å². The van der Waals surface area contributed by atoms with Gasteiger partial charge in [0.25, 0.3) is 0 Å². The maximum absolute atomic E-state index is 10.4. The van der Waals surface area contributed by atoms with Gasteiger partial charge in [0, 0.05) is 24.3 Å². The van der Waals surface area contributed by atoms with E-state index in [1.165, 1.54) is 0 Å².